The number of para-hydroxylation sites is 2. The first kappa shape index (κ1) is 31.5. The number of benzene rings is 4. The molecule has 1 N–H and O–H groups in total. The minimum atomic E-state index is -1.43. The zero-order chi connectivity index (χ0) is 33.0. The van der Waals surface area contributed by atoms with E-state index in [1.165, 1.54) is 5.19 Å². The first-order valence-corrected chi connectivity index (χ1v) is 19.7. The molecule has 0 aliphatic rings. The van der Waals surface area contributed by atoms with Crippen LogP contribution < -0.4 is 5.19 Å². The van der Waals surface area contributed by atoms with Crippen molar-refractivity contribution in [2.24, 2.45) is 0 Å². The highest BCUT2D eigenvalue weighted by atomic mass is 28.3. The maximum atomic E-state index is 11.9. The molecule has 5 heteroatoms. The summed E-state index contributed by atoms with van der Waals surface area (Å²) >= 11 is 0. The molecular weight excluding hydrogens is 579 g/mol. The molecule has 4 nitrogen and oxygen atoms in total. The molecule has 0 unspecified atom stereocenters. The number of phenols is 1. The van der Waals surface area contributed by atoms with Crippen molar-refractivity contribution >= 4 is 24.3 Å². The van der Waals surface area contributed by atoms with Gasteiger partial charge in [0.25, 0.3) is 0 Å². The number of phenolic OH excluding ortho intramolecular Hbond substituents is 1. The maximum absolute atomic E-state index is 11.9. The van der Waals surface area contributed by atoms with Crippen LogP contribution in [-0.4, -0.2) is 27.7 Å². The highest BCUT2D eigenvalue weighted by Crippen LogP contribution is 2.44. The van der Waals surface area contributed by atoms with Crippen LogP contribution in [0.15, 0.2) is 103 Å². The molecule has 0 spiro atoms. The van der Waals surface area contributed by atoms with Crippen LogP contribution in [0.3, 0.4) is 0 Å². The normalized spacial score (nSPS) is 12.5. The molecule has 4 aromatic carbocycles. The van der Waals surface area contributed by atoms with E-state index in [2.05, 4.69) is 145 Å². The number of imidazole rings is 1. The lowest BCUT2D eigenvalue weighted by Gasteiger charge is -2.27. The lowest BCUT2D eigenvalue weighted by atomic mass is 9.79. The summed E-state index contributed by atoms with van der Waals surface area (Å²) in [6.45, 7) is 20.1. The van der Waals surface area contributed by atoms with Gasteiger partial charge in [-0.1, -0.05) is 122 Å². The summed E-state index contributed by atoms with van der Waals surface area (Å²) < 4.78 is 2.19. The van der Waals surface area contributed by atoms with E-state index < -0.39 is 8.07 Å². The summed E-state index contributed by atoms with van der Waals surface area (Å²) in [5.41, 5.74) is 9.48. The van der Waals surface area contributed by atoms with Crippen molar-refractivity contribution in [1.29, 1.82) is 0 Å². The van der Waals surface area contributed by atoms with Gasteiger partial charge in [-0.25, -0.2) is 4.98 Å². The Bertz CT molecular complexity index is 2040. The summed E-state index contributed by atoms with van der Waals surface area (Å²) in [6.07, 6.45) is 2.05. The summed E-state index contributed by atoms with van der Waals surface area (Å²) in [5, 5.41) is 13.3. The van der Waals surface area contributed by atoms with E-state index in [1.807, 2.05) is 24.4 Å². The second kappa shape index (κ2) is 11.4. The van der Waals surface area contributed by atoms with E-state index in [0.717, 1.165) is 61.6 Å². The number of hydrogen-bond donors (Lipinski definition) is 1. The van der Waals surface area contributed by atoms with Crippen LogP contribution >= 0.6 is 0 Å². The first-order valence-electron chi connectivity index (χ1n) is 16.2. The first-order chi connectivity index (χ1) is 21.6. The summed E-state index contributed by atoms with van der Waals surface area (Å²) in [6, 6.07) is 33.9. The van der Waals surface area contributed by atoms with Crippen LogP contribution in [0.5, 0.6) is 5.75 Å². The smallest absolute Gasteiger partial charge is 0.149 e. The third kappa shape index (κ3) is 5.92. The molecule has 0 saturated heterocycles. The molecule has 0 fully saturated rings. The molecule has 234 valence electrons. The third-order valence-corrected chi connectivity index (χ3v) is 10.9. The Morgan fingerprint density at radius 2 is 1.37 bits per heavy atom. The zero-order valence-electron chi connectivity index (χ0n) is 28.6. The number of aromatic hydroxyl groups is 1. The minimum Gasteiger partial charge on any atom is -0.507 e. The summed E-state index contributed by atoms with van der Waals surface area (Å²) in [5.74, 6) is 1.01. The summed E-state index contributed by atoms with van der Waals surface area (Å²) in [7, 11) is -1.43. The predicted octanol–water partition coefficient (Wildman–Crippen LogP) is 10.3. The van der Waals surface area contributed by atoms with Crippen LogP contribution in [0.2, 0.25) is 19.6 Å². The molecular formula is C41H45N3OSi. The van der Waals surface area contributed by atoms with Crippen molar-refractivity contribution in [2.45, 2.75) is 72.0 Å². The Morgan fingerprint density at radius 1 is 0.674 bits per heavy atom. The number of rotatable bonds is 5. The molecule has 6 aromatic rings. The SMILES string of the molecule is CC(C)(C)c1cc(-c2nc3c(-c4cccc(-c5ccc([Si](C)(C)C)cn5)c4)cccc3n2-c2ccccc2)c(O)c(C(C)(C)C)c1. The standard InChI is InChI=1S/C41H45N3OSi/c1-40(2,3)29-24-33(38(45)34(25-29)41(4,5)6)39-43-37-32(19-14-20-36(37)44(39)30-17-11-10-12-18-30)27-15-13-16-28(23-27)35-22-21-31(26-42-35)46(7,8)9/h10-26,45H,1-9H3. The van der Waals surface area contributed by atoms with Gasteiger partial charge in [0, 0.05) is 28.6 Å². The molecule has 0 saturated carbocycles. The van der Waals surface area contributed by atoms with Gasteiger partial charge < -0.3 is 5.11 Å². The number of aromatic nitrogens is 3. The molecule has 0 amide bonds. The number of hydrogen-bond acceptors (Lipinski definition) is 3. The lowest BCUT2D eigenvalue weighted by Crippen LogP contribution is -2.37. The fraction of sp³-hybridized carbons (Fsp3) is 0.268. The van der Waals surface area contributed by atoms with Crippen LogP contribution in [-0.2, 0) is 10.8 Å². The van der Waals surface area contributed by atoms with Crippen molar-refractivity contribution in [3.63, 3.8) is 0 Å². The van der Waals surface area contributed by atoms with Crippen LogP contribution in [0.1, 0.15) is 52.7 Å². The Hall–Kier alpha value is -4.48. The quantitative estimate of drug-likeness (QED) is 0.194. The second-order valence-corrected chi connectivity index (χ2v) is 20.5. The highest BCUT2D eigenvalue weighted by molar-refractivity contribution is 6.88. The van der Waals surface area contributed by atoms with Crippen LogP contribution in [0.25, 0.3) is 50.5 Å². The van der Waals surface area contributed by atoms with E-state index in [9.17, 15) is 5.11 Å². The molecule has 0 aliphatic heterocycles. The van der Waals surface area contributed by atoms with Gasteiger partial charge in [0.2, 0.25) is 0 Å². The van der Waals surface area contributed by atoms with Crippen molar-refractivity contribution in [1.82, 2.24) is 14.5 Å². The Balaban J connectivity index is 1.60. The average molecular weight is 624 g/mol. The van der Waals surface area contributed by atoms with Crippen LogP contribution in [0.4, 0.5) is 0 Å². The maximum Gasteiger partial charge on any atom is 0.149 e. The van der Waals surface area contributed by atoms with Gasteiger partial charge in [0.05, 0.1) is 30.4 Å². The Morgan fingerprint density at radius 3 is 2.00 bits per heavy atom. The fourth-order valence-corrected chi connectivity index (χ4v) is 7.05. The van der Waals surface area contributed by atoms with E-state index in [4.69, 9.17) is 9.97 Å². The monoisotopic (exact) mass is 623 g/mol. The Labute approximate surface area is 274 Å². The number of fused-ring (bicyclic) bond motifs is 1. The van der Waals surface area contributed by atoms with Gasteiger partial charge in [-0.05, 0) is 63.5 Å². The van der Waals surface area contributed by atoms with E-state index in [-0.39, 0.29) is 16.6 Å². The fourth-order valence-electron chi connectivity index (χ4n) is 6.02. The molecule has 2 heterocycles. The predicted molar refractivity (Wildman–Crippen MR) is 197 cm³/mol. The number of pyridine rings is 1. The molecule has 0 radical (unpaired) electrons. The van der Waals surface area contributed by atoms with Gasteiger partial charge >= 0.3 is 0 Å². The van der Waals surface area contributed by atoms with Crippen molar-refractivity contribution in [3.05, 3.63) is 114 Å². The lowest BCUT2D eigenvalue weighted by molar-refractivity contribution is 0.446. The van der Waals surface area contributed by atoms with Gasteiger partial charge in [-0.15, -0.1) is 0 Å². The largest absolute Gasteiger partial charge is 0.507 e. The van der Waals surface area contributed by atoms with Gasteiger partial charge in [-0.2, -0.15) is 0 Å². The molecule has 46 heavy (non-hydrogen) atoms. The van der Waals surface area contributed by atoms with E-state index >= 15 is 0 Å². The minimum absolute atomic E-state index is 0.112. The van der Waals surface area contributed by atoms with Crippen molar-refractivity contribution in [2.75, 3.05) is 0 Å². The zero-order valence-corrected chi connectivity index (χ0v) is 29.6. The van der Waals surface area contributed by atoms with E-state index in [1.54, 1.807) is 0 Å². The van der Waals surface area contributed by atoms with Gasteiger partial charge in [0.1, 0.15) is 11.6 Å². The molecule has 2 aromatic heterocycles. The van der Waals surface area contributed by atoms with Gasteiger partial charge in [0.15, 0.2) is 0 Å². The van der Waals surface area contributed by atoms with Crippen molar-refractivity contribution < 1.29 is 5.11 Å². The molecule has 0 bridgehead atoms. The average Bonchev–Trinajstić information content (AvgIpc) is 3.40. The highest BCUT2D eigenvalue weighted by Gasteiger charge is 2.28. The topological polar surface area (TPSA) is 50.9 Å². The molecule has 0 atom stereocenters. The van der Waals surface area contributed by atoms with Crippen LogP contribution in [0, 0.1) is 0 Å². The Kier molecular flexibility index (Phi) is 7.80. The van der Waals surface area contributed by atoms with Crippen molar-refractivity contribution in [3.8, 4) is 45.2 Å². The third-order valence-electron chi connectivity index (χ3n) is 8.82. The molecule has 6 rings (SSSR count). The molecule has 0 aliphatic carbocycles. The summed E-state index contributed by atoms with van der Waals surface area (Å²) in [4.78, 5) is 10.2. The van der Waals surface area contributed by atoms with E-state index in [0.29, 0.717) is 0 Å². The van der Waals surface area contributed by atoms with Gasteiger partial charge in [-0.3, -0.25) is 9.55 Å². The number of nitrogens with zero attached hydrogens (tertiary/aromatic N) is 3. The second-order valence-electron chi connectivity index (χ2n) is 15.5.